The van der Waals surface area contributed by atoms with E-state index in [1.54, 1.807) is 34.9 Å². The molecular weight excluding hydrogens is 594 g/mol. The number of hydrogen-bond acceptors (Lipinski definition) is 9. The molecule has 1 aromatic heterocycles. The minimum Gasteiger partial charge on any atom is -0.493 e. The number of allylic oxidation sites excluding steroid dienone is 2. The van der Waals surface area contributed by atoms with E-state index in [2.05, 4.69) is 6.58 Å². The average molecular weight is 626 g/mol. The van der Waals surface area contributed by atoms with Gasteiger partial charge in [-0.1, -0.05) is 54.7 Å². The van der Waals surface area contributed by atoms with Crippen molar-refractivity contribution in [1.29, 1.82) is 0 Å². The van der Waals surface area contributed by atoms with Crippen LogP contribution in [0.25, 0.3) is 6.08 Å². The molecule has 10 nitrogen and oxygen atoms in total. The van der Waals surface area contributed by atoms with Gasteiger partial charge in [-0.2, -0.15) is 0 Å². The summed E-state index contributed by atoms with van der Waals surface area (Å²) in [4.78, 5) is 42.8. The van der Waals surface area contributed by atoms with Crippen molar-refractivity contribution in [1.82, 2.24) is 4.57 Å². The fourth-order valence-electron chi connectivity index (χ4n) is 5.23. The van der Waals surface area contributed by atoms with Gasteiger partial charge < -0.3 is 14.2 Å². The molecule has 4 aromatic rings. The Labute approximate surface area is 263 Å². The highest BCUT2D eigenvalue weighted by atomic mass is 32.1. The Morgan fingerprint density at radius 1 is 1.13 bits per heavy atom. The number of methoxy groups -OCH3 is 2. The zero-order valence-electron chi connectivity index (χ0n) is 25.0. The maximum atomic E-state index is 14.0. The molecule has 1 aliphatic rings. The van der Waals surface area contributed by atoms with Gasteiger partial charge in [0.25, 0.3) is 11.2 Å². The van der Waals surface area contributed by atoms with Crippen LogP contribution in [0, 0.1) is 10.1 Å². The molecule has 3 aromatic carbocycles. The number of hydrogen-bond donors (Lipinski definition) is 0. The number of ether oxygens (including phenoxy) is 3. The summed E-state index contributed by atoms with van der Waals surface area (Å²) in [6.45, 7) is 5.95. The van der Waals surface area contributed by atoms with Crippen molar-refractivity contribution in [2.75, 3.05) is 14.2 Å². The maximum absolute atomic E-state index is 14.0. The topological polar surface area (TPSA) is 122 Å². The minimum atomic E-state index is -0.687. The molecule has 230 valence electrons. The second-order valence-corrected chi connectivity index (χ2v) is 11.1. The quantitative estimate of drug-likeness (QED) is 0.0993. The van der Waals surface area contributed by atoms with Crippen LogP contribution in [0.2, 0.25) is 0 Å². The Hall–Kier alpha value is -5.29. The molecule has 0 saturated carbocycles. The van der Waals surface area contributed by atoms with Crippen LogP contribution in [-0.2, 0) is 22.6 Å². The number of nitro groups is 1. The second kappa shape index (κ2) is 13.6. The summed E-state index contributed by atoms with van der Waals surface area (Å²) < 4.78 is 19.0. The van der Waals surface area contributed by atoms with Crippen molar-refractivity contribution in [3.05, 3.63) is 143 Å². The molecule has 0 radical (unpaired) electrons. The van der Waals surface area contributed by atoms with Gasteiger partial charge in [-0.25, -0.2) is 9.79 Å². The normalized spacial score (nSPS) is 14.4. The fraction of sp³-hybridized carbons (Fsp3) is 0.206. The van der Waals surface area contributed by atoms with Gasteiger partial charge >= 0.3 is 5.97 Å². The maximum Gasteiger partial charge on any atom is 0.338 e. The highest BCUT2D eigenvalue weighted by molar-refractivity contribution is 7.07. The first-order valence-electron chi connectivity index (χ1n) is 14.2. The van der Waals surface area contributed by atoms with Crippen molar-refractivity contribution in [3.63, 3.8) is 0 Å². The van der Waals surface area contributed by atoms with Crippen molar-refractivity contribution in [2.24, 2.45) is 4.99 Å². The summed E-state index contributed by atoms with van der Waals surface area (Å²) in [5, 5.41) is 11.0. The van der Waals surface area contributed by atoms with Crippen LogP contribution in [0.5, 0.6) is 11.5 Å². The predicted octanol–water partition coefficient (Wildman–Crippen LogP) is 5.02. The molecule has 0 unspecified atom stereocenters. The third-order valence-corrected chi connectivity index (χ3v) is 8.31. The Balaban J connectivity index is 1.58. The van der Waals surface area contributed by atoms with E-state index in [-0.39, 0.29) is 17.9 Å². The molecule has 0 aliphatic carbocycles. The van der Waals surface area contributed by atoms with Gasteiger partial charge in [0.1, 0.15) is 6.61 Å². The van der Waals surface area contributed by atoms with Crippen LogP contribution >= 0.6 is 11.3 Å². The lowest BCUT2D eigenvalue weighted by atomic mass is 9.95. The number of carbonyl (C=O) groups is 1. The Kier molecular flexibility index (Phi) is 9.39. The van der Waals surface area contributed by atoms with Gasteiger partial charge in [0.15, 0.2) is 16.3 Å². The average Bonchev–Trinajstić information content (AvgIpc) is 3.37. The van der Waals surface area contributed by atoms with Gasteiger partial charge in [-0.15, -0.1) is 6.58 Å². The minimum absolute atomic E-state index is 0.000776. The Bertz CT molecular complexity index is 1980. The van der Waals surface area contributed by atoms with Crippen LogP contribution in [0.15, 0.2) is 100 Å². The summed E-state index contributed by atoms with van der Waals surface area (Å²) >= 11 is 1.25. The first-order valence-corrected chi connectivity index (χ1v) is 15.0. The summed E-state index contributed by atoms with van der Waals surface area (Å²) in [6.07, 6.45) is 4.47. The molecule has 0 saturated heterocycles. The molecule has 2 heterocycles. The van der Waals surface area contributed by atoms with Gasteiger partial charge in [0, 0.05) is 17.7 Å². The van der Waals surface area contributed by atoms with Gasteiger partial charge in [-0.05, 0) is 59.9 Å². The monoisotopic (exact) mass is 625 g/mol. The third kappa shape index (κ3) is 6.34. The van der Waals surface area contributed by atoms with Crippen molar-refractivity contribution in [3.8, 4) is 11.5 Å². The smallest absolute Gasteiger partial charge is 0.338 e. The first-order chi connectivity index (χ1) is 21.8. The van der Waals surface area contributed by atoms with Crippen LogP contribution in [0.3, 0.4) is 0 Å². The highest BCUT2D eigenvalue weighted by Crippen LogP contribution is 2.35. The number of carbonyl (C=O) groups excluding carboxylic acids is 1. The van der Waals surface area contributed by atoms with Crippen LogP contribution in [-0.4, -0.2) is 29.7 Å². The summed E-state index contributed by atoms with van der Waals surface area (Å²) in [7, 11) is 2.85. The summed E-state index contributed by atoms with van der Waals surface area (Å²) in [6, 6.07) is 18.5. The number of aromatic nitrogens is 1. The van der Waals surface area contributed by atoms with Crippen molar-refractivity contribution < 1.29 is 23.9 Å². The van der Waals surface area contributed by atoms with E-state index in [9.17, 15) is 19.7 Å². The Morgan fingerprint density at radius 3 is 2.49 bits per heavy atom. The number of thiazole rings is 1. The molecule has 1 aliphatic heterocycles. The van der Waals surface area contributed by atoms with E-state index in [0.29, 0.717) is 50.5 Å². The number of fused-ring (bicyclic) bond motifs is 1. The number of non-ortho nitro benzene ring substituents is 1. The Morgan fingerprint density at radius 2 is 1.87 bits per heavy atom. The number of nitro benzene ring substituents is 1. The summed E-state index contributed by atoms with van der Waals surface area (Å²) in [5.41, 5.74) is 3.65. The van der Waals surface area contributed by atoms with Crippen LogP contribution in [0.1, 0.15) is 41.6 Å². The van der Waals surface area contributed by atoms with E-state index in [1.807, 2.05) is 43.3 Å². The second-order valence-electron chi connectivity index (χ2n) is 10.1. The standard InChI is InChI=1S/C34H31N3O7S/c1-5-10-24-17-22(18-27(42-3)31(24)44-20-21-13-15-25(16-14-21)37(40)41)19-28-32(38)36-30(23-11-8-7-9-12-23)29(33(39)43-4)26(6-2)35-34(36)45-28/h5,7-9,11-19,30H,1,6,10,20H2,2-4H3/b28-19-/t30-/m0/s1. The lowest BCUT2D eigenvalue weighted by Crippen LogP contribution is -2.40. The zero-order chi connectivity index (χ0) is 32.1. The van der Waals surface area contributed by atoms with E-state index in [0.717, 1.165) is 16.7 Å². The summed E-state index contributed by atoms with van der Waals surface area (Å²) in [5.74, 6) is 0.439. The van der Waals surface area contributed by atoms with Crippen molar-refractivity contribution >= 4 is 29.1 Å². The lowest BCUT2D eigenvalue weighted by molar-refractivity contribution is -0.384. The lowest BCUT2D eigenvalue weighted by Gasteiger charge is -2.25. The van der Waals surface area contributed by atoms with Crippen LogP contribution in [0.4, 0.5) is 5.69 Å². The number of rotatable bonds is 11. The van der Waals surface area contributed by atoms with Gasteiger partial charge in [0.05, 0.1) is 41.0 Å². The van der Waals surface area contributed by atoms with Gasteiger partial charge in [-0.3, -0.25) is 19.5 Å². The zero-order valence-corrected chi connectivity index (χ0v) is 25.8. The molecule has 45 heavy (non-hydrogen) atoms. The number of esters is 1. The largest absolute Gasteiger partial charge is 0.493 e. The van der Waals surface area contributed by atoms with E-state index >= 15 is 0 Å². The van der Waals surface area contributed by atoms with E-state index in [4.69, 9.17) is 19.2 Å². The molecule has 0 spiro atoms. The molecule has 0 amide bonds. The molecule has 5 rings (SSSR count). The molecule has 1 atom stereocenters. The van der Waals surface area contributed by atoms with Crippen molar-refractivity contribution in [2.45, 2.75) is 32.4 Å². The first kappa shape index (κ1) is 31.1. The molecule has 0 fully saturated rings. The number of benzene rings is 3. The van der Waals surface area contributed by atoms with E-state index < -0.39 is 16.9 Å². The molecular formula is C34H31N3O7S. The van der Waals surface area contributed by atoms with Crippen LogP contribution < -0.4 is 24.4 Å². The predicted molar refractivity (Wildman–Crippen MR) is 171 cm³/mol. The third-order valence-electron chi connectivity index (χ3n) is 7.33. The SMILES string of the molecule is C=CCc1cc(/C=c2\sc3n(c2=O)[C@@H](c2ccccc2)C(C(=O)OC)=C(CC)N=3)cc(OC)c1OCc1ccc([N+](=O)[O-])cc1. The van der Waals surface area contributed by atoms with E-state index in [1.165, 1.54) is 37.7 Å². The molecule has 0 N–H and O–H groups in total. The molecule has 0 bridgehead atoms. The molecule has 11 heteroatoms. The number of nitrogens with zero attached hydrogens (tertiary/aromatic N) is 3. The van der Waals surface area contributed by atoms with Gasteiger partial charge in [0.2, 0.25) is 0 Å². The fourth-order valence-corrected chi connectivity index (χ4v) is 6.25. The highest BCUT2D eigenvalue weighted by Gasteiger charge is 2.33.